The van der Waals surface area contributed by atoms with Crippen LogP contribution in [0, 0.1) is 11.8 Å². The fraction of sp³-hybridized carbons (Fsp3) is 0.857. The first-order valence-corrected chi connectivity index (χ1v) is 7.28. The molecule has 0 heterocycles. The smallest absolute Gasteiger partial charge is 0.317 e. The Kier molecular flexibility index (Phi) is 6.78. The van der Waals surface area contributed by atoms with Gasteiger partial charge in [0.25, 0.3) is 0 Å². The number of nitrogens with zero attached hydrogens (tertiary/aromatic N) is 2. The van der Waals surface area contributed by atoms with Crippen LogP contribution in [0.5, 0.6) is 0 Å². The van der Waals surface area contributed by atoms with Crippen molar-refractivity contribution in [1.29, 1.82) is 0 Å². The Morgan fingerprint density at radius 1 is 1.15 bits per heavy atom. The van der Waals surface area contributed by atoms with Crippen LogP contribution >= 0.6 is 0 Å². The molecule has 2 N–H and O–H groups in total. The lowest BCUT2D eigenvalue weighted by Crippen LogP contribution is -2.44. The largest absolute Gasteiger partial charge is 0.481 e. The Labute approximate surface area is 121 Å². The van der Waals surface area contributed by atoms with E-state index in [1.807, 2.05) is 19.0 Å². The third-order valence-corrected chi connectivity index (χ3v) is 3.97. The van der Waals surface area contributed by atoms with Gasteiger partial charge in [0.1, 0.15) is 0 Å². The quantitative estimate of drug-likeness (QED) is 0.766. The normalized spacial score (nSPS) is 22.6. The van der Waals surface area contributed by atoms with E-state index in [1.54, 1.807) is 11.9 Å². The van der Waals surface area contributed by atoms with Crippen LogP contribution in [0.2, 0.25) is 0 Å². The molecule has 1 saturated carbocycles. The lowest BCUT2D eigenvalue weighted by molar-refractivity contribution is -0.144. The average Bonchev–Trinajstić information content (AvgIpc) is 2.42. The van der Waals surface area contributed by atoms with Gasteiger partial charge in [-0.3, -0.25) is 4.79 Å². The molecule has 1 fully saturated rings. The van der Waals surface area contributed by atoms with Crippen LogP contribution in [0.25, 0.3) is 0 Å². The molecular formula is C14H27N3O3. The number of carboxylic acids is 1. The summed E-state index contributed by atoms with van der Waals surface area (Å²) in [5.74, 6) is -0.978. The third kappa shape index (κ3) is 5.36. The van der Waals surface area contributed by atoms with E-state index < -0.39 is 5.97 Å². The van der Waals surface area contributed by atoms with E-state index >= 15 is 0 Å². The first kappa shape index (κ1) is 16.8. The molecule has 1 aliphatic rings. The van der Waals surface area contributed by atoms with Crippen LogP contribution in [0.4, 0.5) is 4.79 Å². The minimum Gasteiger partial charge on any atom is -0.481 e. The van der Waals surface area contributed by atoms with E-state index in [0.29, 0.717) is 13.1 Å². The minimum absolute atomic E-state index is 0.0625. The number of likely N-dealkylation sites (N-methyl/N-ethyl adjacent to an activating group) is 2. The van der Waals surface area contributed by atoms with E-state index in [-0.39, 0.29) is 17.9 Å². The molecule has 2 unspecified atom stereocenters. The van der Waals surface area contributed by atoms with Crippen molar-refractivity contribution in [2.75, 3.05) is 40.8 Å². The van der Waals surface area contributed by atoms with Gasteiger partial charge in [-0.15, -0.1) is 0 Å². The number of carbonyl (C=O) groups excluding carboxylic acids is 1. The van der Waals surface area contributed by atoms with Crippen molar-refractivity contribution in [3.8, 4) is 0 Å². The zero-order chi connectivity index (χ0) is 15.1. The molecule has 1 aliphatic carbocycles. The summed E-state index contributed by atoms with van der Waals surface area (Å²) in [4.78, 5) is 26.8. The number of nitrogens with one attached hydrogen (secondary N) is 1. The molecule has 6 nitrogen and oxygen atoms in total. The van der Waals surface area contributed by atoms with Crippen molar-refractivity contribution in [2.45, 2.75) is 25.7 Å². The average molecular weight is 285 g/mol. The van der Waals surface area contributed by atoms with E-state index in [2.05, 4.69) is 5.32 Å². The summed E-state index contributed by atoms with van der Waals surface area (Å²) in [6.07, 6.45) is 3.65. The molecule has 0 radical (unpaired) electrons. The number of carbonyl (C=O) groups is 2. The second-order valence-electron chi connectivity index (χ2n) is 5.90. The highest BCUT2D eigenvalue weighted by molar-refractivity contribution is 5.74. The highest BCUT2D eigenvalue weighted by Gasteiger charge is 2.30. The summed E-state index contributed by atoms with van der Waals surface area (Å²) >= 11 is 0. The maximum absolute atomic E-state index is 11.9. The Bertz CT molecular complexity index is 334. The SMILES string of the molecule is CN(C)CCN(C)C(=O)NCC1CCCCC1C(=O)O. The van der Waals surface area contributed by atoms with Gasteiger partial charge in [0.05, 0.1) is 5.92 Å². The summed E-state index contributed by atoms with van der Waals surface area (Å²) in [5.41, 5.74) is 0. The lowest BCUT2D eigenvalue weighted by Gasteiger charge is -2.29. The van der Waals surface area contributed by atoms with Gasteiger partial charge in [-0.2, -0.15) is 0 Å². The molecular weight excluding hydrogens is 258 g/mol. The fourth-order valence-electron chi connectivity index (χ4n) is 2.58. The monoisotopic (exact) mass is 285 g/mol. The molecule has 0 spiro atoms. The van der Waals surface area contributed by atoms with Gasteiger partial charge < -0.3 is 20.2 Å². The maximum Gasteiger partial charge on any atom is 0.317 e. The number of rotatable bonds is 6. The molecule has 0 bridgehead atoms. The number of urea groups is 1. The molecule has 6 heteroatoms. The second kappa shape index (κ2) is 8.09. The van der Waals surface area contributed by atoms with Crippen molar-refractivity contribution in [3.63, 3.8) is 0 Å². The van der Waals surface area contributed by atoms with Gasteiger partial charge in [0.2, 0.25) is 0 Å². The summed E-state index contributed by atoms with van der Waals surface area (Å²) in [5, 5.41) is 12.1. The number of aliphatic carboxylic acids is 1. The summed E-state index contributed by atoms with van der Waals surface area (Å²) in [7, 11) is 5.69. The third-order valence-electron chi connectivity index (χ3n) is 3.97. The summed E-state index contributed by atoms with van der Waals surface area (Å²) in [6, 6.07) is -0.124. The van der Waals surface area contributed by atoms with Crippen molar-refractivity contribution in [2.24, 2.45) is 11.8 Å². The molecule has 20 heavy (non-hydrogen) atoms. The van der Waals surface area contributed by atoms with E-state index in [9.17, 15) is 14.7 Å². The van der Waals surface area contributed by atoms with Gasteiger partial charge in [-0.25, -0.2) is 4.79 Å². The number of hydrogen-bond donors (Lipinski definition) is 2. The van der Waals surface area contributed by atoms with Crippen LogP contribution in [0.15, 0.2) is 0 Å². The maximum atomic E-state index is 11.9. The molecule has 0 aliphatic heterocycles. The van der Waals surface area contributed by atoms with Crippen LogP contribution in [-0.2, 0) is 4.79 Å². The highest BCUT2D eigenvalue weighted by atomic mass is 16.4. The summed E-state index contributed by atoms with van der Waals surface area (Å²) in [6.45, 7) is 1.93. The van der Waals surface area contributed by atoms with E-state index in [0.717, 1.165) is 32.2 Å². The van der Waals surface area contributed by atoms with Crippen LogP contribution in [-0.4, -0.2) is 67.7 Å². The molecule has 1 rings (SSSR count). The predicted molar refractivity (Wildman–Crippen MR) is 77.7 cm³/mol. The standard InChI is InChI=1S/C14H27N3O3/c1-16(2)8-9-17(3)14(20)15-10-11-6-4-5-7-12(11)13(18)19/h11-12H,4-10H2,1-3H3,(H,15,20)(H,18,19). The lowest BCUT2D eigenvalue weighted by atomic mass is 9.79. The van der Waals surface area contributed by atoms with Crippen LogP contribution < -0.4 is 5.32 Å². The van der Waals surface area contributed by atoms with Crippen molar-refractivity contribution in [3.05, 3.63) is 0 Å². The molecule has 2 atom stereocenters. The van der Waals surface area contributed by atoms with E-state index in [1.165, 1.54) is 0 Å². The first-order chi connectivity index (χ1) is 9.41. The van der Waals surface area contributed by atoms with E-state index in [4.69, 9.17) is 0 Å². The van der Waals surface area contributed by atoms with Crippen molar-refractivity contribution in [1.82, 2.24) is 15.1 Å². The van der Waals surface area contributed by atoms with Gasteiger partial charge >= 0.3 is 12.0 Å². The number of carboxylic acid groups (broad SMARTS) is 1. The molecule has 2 amide bonds. The Balaban J connectivity index is 2.36. The number of amides is 2. The predicted octanol–water partition coefficient (Wildman–Crippen LogP) is 1.08. The van der Waals surface area contributed by atoms with Gasteiger partial charge in [0.15, 0.2) is 0 Å². The second-order valence-corrected chi connectivity index (χ2v) is 5.90. The molecule has 116 valence electrons. The van der Waals surface area contributed by atoms with Gasteiger partial charge in [-0.1, -0.05) is 12.8 Å². The van der Waals surface area contributed by atoms with Crippen LogP contribution in [0.1, 0.15) is 25.7 Å². The Hall–Kier alpha value is -1.30. The zero-order valence-electron chi connectivity index (χ0n) is 12.8. The first-order valence-electron chi connectivity index (χ1n) is 7.28. The number of hydrogen-bond acceptors (Lipinski definition) is 3. The molecule has 0 aromatic heterocycles. The Morgan fingerprint density at radius 3 is 2.40 bits per heavy atom. The highest BCUT2D eigenvalue weighted by Crippen LogP contribution is 2.29. The molecule has 0 aromatic rings. The van der Waals surface area contributed by atoms with Crippen molar-refractivity contribution < 1.29 is 14.7 Å². The zero-order valence-corrected chi connectivity index (χ0v) is 12.8. The minimum atomic E-state index is -0.732. The molecule has 0 saturated heterocycles. The Morgan fingerprint density at radius 2 is 1.80 bits per heavy atom. The van der Waals surface area contributed by atoms with Crippen LogP contribution in [0.3, 0.4) is 0 Å². The topological polar surface area (TPSA) is 72.9 Å². The van der Waals surface area contributed by atoms with Gasteiger partial charge in [-0.05, 0) is 32.9 Å². The van der Waals surface area contributed by atoms with Gasteiger partial charge in [0, 0.05) is 26.7 Å². The fourth-order valence-corrected chi connectivity index (χ4v) is 2.58. The summed E-state index contributed by atoms with van der Waals surface area (Å²) < 4.78 is 0. The van der Waals surface area contributed by atoms with Crippen molar-refractivity contribution >= 4 is 12.0 Å². The molecule has 0 aromatic carbocycles.